The highest BCUT2D eigenvalue weighted by atomic mass is 16.7. The first-order chi connectivity index (χ1) is 10.1. The Bertz CT molecular complexity index is 566. The maximum Gasteiger partial charge on any atom is 0.309 e. The van der Waals surface area contributed by atoms with Crippen molar-refractivity contribution >= 4 is 11.8 Å². The Hall–Kier alpha value is -2.04. The molecule has 0 N–H and O–H groups in total. The summed E-state index contributed by atoms with van der Waals surface area (Å²) in [7, 11) is 0. The van der Waals surface area contributed by atoms with Crippen LogP contribution in [0.4, 0.5) is 0 Å². The Morgan fingerprint density at radius 1 is 1.33 bits per heavy atom. The van der Waals surface area contributed by atoms with Gasteiger partial charge in [0.05, 0.1) is 5.92 Å². The van der Waals surface area contributed by atoms with Crippen LogP contribution in [-0.2, 0) is 20.9 Å². The monoisotopic (exact) mass is 290 g/mol. The van der Waals surface area contributed by atoms with Crippen LogP contribution in [0, 0.1) is 11.8 Å². The Kier molecular flexibility index (Phi) is 3.82. The van der Waals surface area contributed by atoms with Crippen molar-refractivity contribution in [3.8, 4) is 11.5 Å². The molecule has 2 aliphatic rings. The predicted molar refractivity (Wildman–Crippen MR) is 73.9 cm³/mol. The molecular formula is C16H18O5. The molecule has 1 saturated carbocycles. The molecule has 0 spiro atoms. The summed E-state index contributed by atoms with van der Waals surface area (Å²) in [4.78, 5) is 23.5. The van der Waals surface area contributed by atoms with Gasteiger partial charge in [-0.1, -0.05) is 13.0 Å². The summed E-state index contributed by atoms with van der Waals surface area (Å²) in [5.74, 6) is 1.22. The topological polar surface area (TPSA) is 61.8 Å². The Balaban J connectivity index is 1.55. The molecule has 0 aromatic heterocycles. The molecule has 0 amide bonds. The van der Waals surface area contributed by atoms with E-state index in [1.807, 2.05) is 25.1 Å². The zero-order valence-corrected chi connectivity index (χ0v) is 12.0. The van der Waals surface area contributed by atoms with Crippen LogP contribution in [0.1, 0.15) is 31.7 Å². The van der Waals surface area contributed by atoms with Crippen LogP contribution in [0.25, 0.3) is 0 Å². The van der Waals surface area contributed by atoms with E-state index in [2.05, 4.69) is 0 Å². The van der Waals surface area contributed by atoms with Gasteiger partial charge in [-0.15, -0.1) is 0 Å². The van der Waals surface area contributed by atoms with E-state index in [4.69, 9.17) is 14.2 Å². The maximum atomic E-state index is 12.1. The summed E-state index contributed by atoms with van der Waals surface area (Å²) in [6.07, 6.45) is 1.67. The van der Waals surface area contributed by atoms with E-state index < -0.39 is 0 Å². The van der Waals surface area contributed by atoms with Gasteiger partial charge < -0.3 is 14.2 Å². The summed E-state index contributed by atoms with van der Waals surface area (Å²) in [6.45, 7) is 2.32. The fraction of sp³-hybridized carbons (Fsp3) is 0.500. The van der Waals surface area contributed by atoms with Crippen LogP contribution in [0.2, 0.25) is 0 Å². The molecule has 5 heteroatoms. The maximum absolute atomic E-state index is 12.1. The van der Waals surface area contributed by atoms with Crippen molar-refractivity contribution in [1.82, 2.24) is 0 Å². The molecular weight excluding hydrogens is 272 g/mol. The quantitative estimate of drug-likeness (QED) is 0.800. The summed E-state index contributed by atoms with van der Waals surface area (Å²) >= 11 is 0. The van der Waals surface area contributed by atoms with Crippen LogP contribution in [0.15, 0.2) is 18.2 Å². The molecule has 5 nitrogen and oxygen atoms in total. The van der Waals surface area contributed by atoms with Crippen molar-refractivity contribution in [2.75, 3.05) is 6.79 Å². The van der Waals surface area contributed by atoms with Crippen LogP contribution in [0.5, 0.6) is 11.5 Å². The molecule has 3 rings (SSSR count). The van der Waals surface area contributed by atoms with E-state index in [-0.39, 0.29) is 37.0 Å². The lowest BCUT2D eigenvalue weighted by Crippen LogP contribution is -2.28. The molecule has 0 radical (unpaired) electrons. The molecule has 112 valence electrons. The molecule has 1 aliphatic heterocycles. The summed E-state index contributed by atoms with van der Waals surface area (Å²) in [5, 5.41) is 0. The SMILES string of the molecule is C[C@H]1C[C@H](C(=O)OCc2ccc3c(c2)OCO3)CCC1=O. The van der Waals surface area contributed by atoms with Crippen molar-refractivity contribution in [1.29, 1.82) is 0 Å². The molecule has 1 aliphatic carbocycles. The number of hydrogen-bond donors (Lipinski definition) is 0. The van der Waals surface area contributed by atoms with Gasteiger partial charge in [0, 0.05) is 12.3 Å². The first-order valence-electron chi connectivity index (χ1n) is 7.21. The predicted octanol–water partition coefficient (Wildman–Crippen LogP) is 2.46. The van der Waals surface area contributed by atoms with E-state index in [1.165, 1.54) is 0 Å². The van der Waals surface area contributed by atoms with E-state index in [9.17, 15) is 9.59 Å². The molecule has 2 atom stereocenters. The molecule has 1 heterocycles. The number of esters is 1. The number of carbonyl (C=O) groups excluding carboxylic acids is 2. The molecule has 1 aromatic rings. The highest BCUT2D eigenvalue weighted by molar-refractivity contribution is 5.84. The Morgan fingerprint density at radius 2 is 2.14 bits per heavy atom. The van der Waals surface area contributed by atoms with Gasteiger partial charge in [0.1, 0.15) is 12.4 Å². The molecule has 1 aromatic carbocycles. The van der Waals surface area contributed by atoms with E-state index in [0.717, 1.165) is 5.56 Å². The van der Waals surface area contributed by atoms with Crippen molar-refractivity contribution in [3.63, 3.8) is 0 Å². The largest absolute Gasteiger partial charge is 0.461 e. The van der Waals surface area contributed by atoms with E-state index >= 15 is 0 Å². The number of ether oxygens (including phenoxy) is 3. The van der Waals surface area contributed by atoms with Gasteiger partial charge in [-0.2, -0.15) is 0 Å². The zero-order chi connectivity index (χ0) is 14.8. The van der Waals surface area contributed by atoms with Gasteiger partial charge >= 0.3 is 5.97 Å². The standard InChI is InChI=1S/C16H18O5/c1-10-6-12(3-4-13(10)17)16(18)19-8-11-2-5-14-15(7-11)21-9-20-14/h2,5,7,10,12H,3-4,6,8-9H2,1H3/t10-,12+/m0/s1. The molecule has 1 fully saturated rings. The normalized spacial score (nSPS) is 24.0. The van der Waals surface area contributed by atoms with Gasteiger partial charge in [-0.05, 0) is 30.5 Å². The Labute approximate surface area is 123 Å². The smallest absolute Gasteiger partial charge is 0.309 e. The lowest BCUT2D eigenvalue weighted by atomic mass is 9.81. The fourth-order valence-electron chi connectivity index (χ4n) is 2.76. The highest BCUT2D eigenvalue weighted by Gasteiger charge is 2.30. The van der Waals surface area contributed by atoms with Crippen LogP contribution < -0.4 is 9.47 Å². The van der Waals surface area contributed by atoms with E-state index in [0.29, 0.717) is 30.8 Å². The average molecular weight is 290 g/mol. The minimum Gasteiger partial charge on any atom is -0.461 e. The molecule has 21 heavy (non-hydrogen) atoms. The number of fused-ring (bicyclic) bond motifs is 1. The van der Waals surface area contributed by atoms with Gasteiger partial charge in [0.2, 0.25) is 6.79 Å². The van der Waals surface area contributed by atoms with Crippen molar-refractivity contribution in [2.24, 2.45) is 11.8 Å². The molecule has 0 unspecified atom stereocenters. The summed E-state index contributed by atoms with van der Waals surface area (Å²) < 4.78 is 15.9. The second kappa shape index (κ2) is 5.76. The first kappa shape index (κ1) is 13.9. The number of benzene rings is 1. The van der Waals surface area contributed by atoms with Crippen LogP contribution in [-0.4, -0.2) is 18.5 Å². The second-order valence-electron chi connectivity index (χ2n) is 5.63. The molecule has 0 saturated heterocycles. The third-order valence-electron chi connectivity index (χ3n) is 4.08. The minimum absolute atomic E-state index is 0.0400. The lowest BCUT2D eigenvalue weighted by molar-refractivity contribution is -0.152. The number of rotatable bonds is 3. The van der Waals surface area contributed by atoms with Crippen LogP contribution in [0.3, 0.4) is 0 Å². The highest BCUT2D eigenvalue weighted by Crippen LogP contribution is 2.33. The summed E-state index contributed by atoms with van der Waals surface area (Å²) in [6, 6.07) is 5.49. The van der Waals surface area contributed by atoms with Crippen molar-refractivity contribution in [3.05, 3.63) is 23.8 Å². The summed E-state index contributed by atoms with van der Waals surface area (Å²) in [5.41, 5.74) is 0.868. The minimum atomic E-state index is -0.216. The van der Waals surface area contributed by atoms with Gasteiger partial charge in [-0.3, -0.25) is 9.59 Å². The first-order valence-corrected chi connectivity index (χ1v) is 7.21. The van der Waals surface area contributed by atoms with Crippen molar-refractivity contribution in [2.45, 2.75) is 32.8 Å². The third kappa shape index (κ3) is 3.01. The van der Waals surface area contributed by atoms with Crippen LogP contribution >= 0.6 is 0 Å². The number of carbonyl (C=O) groups is 2. The number of ketones is 1. The van der Waals surface area contributed by atoms with E-state index in [1.54, 1.807) is 0 Å². The second-order valence-corrected chi connectivity index (χ2v) is 5.63. The zero-order valence-electron chi connectivity index (χ0n) is 12.0. The van der Waals surface area contributed by atoms with Gasteiger partial charge in [0.15, 0.2) is 11.5 Å². The molecule has 0 bridgehead atoms. The number of hydrogen-bond acceptors (Lipinski definition) is 5. The van der Waals surface area contributed by atoms with Gasteiger partial charge in [0.25, 0.3) is 0 Å². The number of Topliss-reactive ketones (excluding diaryl/α,β-unsaturated/α-hetero) is 1. The van der Waals surface area contributed by atoms with Crippen molar-refractivity contribution < 1.29 is 23.8 Å². The Morgan fingerprint density at radius 3 is 2.95 bits per heavy atom. The average Bonchev–Trinajstić information content (AvgIpc) is 2.95. The lowest BCUT2D eigenvalue weighted by Gasteiger charge is -2.24. The van der Waals surface area contributed by atoms with Gasteiger partial charge in [-0.25, -0.2) is 0 Å². The third-order valence-corrected chi connectivity index (χ3v) is 4.08. The fourth-order valence-corrected chi connectivity index (χ4v) is 2.76.